The van der Waals surface area contributed by atoms with Gasteiger partial charge in [0.2, 0.25) is 0 Å². The quantitative estimate of drug-likeness (QED) is 0.700. The first-order valence-electron chi connectivity index (χ1n) is 7.03. The molecule has 0 unspecified atom stereocenters. The van der Waals surface area contributed by atoms with Gasteiger partial charge in [-0.05, 0) is 31.5 Å². The van der Waals surface area contributed by atoms with E-state index in [1.54, 1.807) is 11.6 Å². The Kier molecular flexibility index (Phi) is 3.94. The number of nitrogens with zero attached hydrogens (tertiary/aromatic N) is 3. The van der Waals surface area contributed by atoms with Gasteiger partial charge in [0.05, 0.1) is 24.1 Å². The summed E-state index contributed by atoms with van der Waals surface area (Å²) in [6, 6.07) is 6.06. The van der Waals surface area contributed by atoms with Crippen LogP contribution in [0, 0.1) is 0 Å². The van der Waals surface area contributed by atoms with Crippen molar-refractivity contribution < 1.29 is 9.53 Å². The first kappa shape index (κ1) is 14.7. The Balaban J connectivity index is 2.11. The fraction of sp³-hybridized carbons (Fsp3) is 0.250. The summed E-state index contributed by atoms with van der Waals surface area (Å²) >= 11 is 0.858. The summed E-state index contributed by atoms with van der Waals surface area (Å²) in [6.07, 6.45) is 3.76. The number of carbonyl (C=O) groups is 1. The van der Waals surface area contributed by atoms with Crippen LogP contribution in [-0.4, -0.2) is 22.4 Å². The maximum absolute atomic E-state index is 12.3. The maximum atomic E-state index is 12.3. The molecule has 2 heterocycles. The number of fused-ring (bicyclic) bond motifs is 1. The van der Waals surface area contributed by atoms with Crippen molar-refractivity contribution in [1.82, 2.24) is 9.78 Å². The zero-order chi connectivity index (χ0) is 15.7. The van der Waals surface area contributed by atoms with Crippen LogP contribution in [0.5, 0.6) is 0 Å². The number of benzene rings is 1. The second kappa shape index (κ2) is 5.88. The Morgan fingerprint density at radius 3 is 2.86 bits per heavy atom. The lowest BCUT2D eigenvalue weighted by Crippen LogP contribution is -2.11. The standard InChI is InChI=1S/C16H17N3O2S/c1-4-21-16(20)15-10(2)18-22-14-6-5-11(7-13(14)15)12-8-17-19(3)9-12/h5-9,22H,4H2,1-3H3. The lowest BCUT2D eigenvalue weighted by atomic mass is 9.99. The minimum absolute atomic E-state index is 0.316. The molecule has 1 aromatic heterocycles. The Bertz CT molecular complexity index is 805. The number of esters is 1. The first-order chi connectivity index (χ1) is 10.6. The van der Waals surface area contributed by atoms with Gasteiger partial charge in [-0.25, -0.2) is 9.16 Å². The molecule has 0 atom stereocenters. The van der Waals surface area contributed by atoms with Gasteiger partial charge in [0.25, 0.3) is 0 Å². The van der Waals surface area contributed by atoms with Crippen LogP contribution >= 0.6 is 0 Å². The van der Waals surface area contributed by atoms with Crippen LogP contribution < -0.4 is 0 Å². The molecule has 1 aliphatic heterocycles. The van der Waals surface area contributed by atoms with Crippen LogP contribution in [0.15, 0.2) is 45.5 Å². The summed E-state index contributed by atoms with van der Waals surface area (Å²) in [7, 11) is 1.88. The minimum atomic E-state index is -0.316. The lowest BCUT2D eigenvalue weighted by Gasteiger charge is -2.16. The van der Waals surface area contributed by atoms with Gasteiger partial charge in [-0.2, -0.15) is 5.10 Å². The molecule has 1 aliphatic rings. The zero-order valence-corrected chi connectivity index (χ0v) is 13.6. The monoisotopic (exact) mass is 315 g/mol. The van der Waals surface area contributed by atoms with E-state index in [-0.39, 0.29) is 5.97 Å². The predicted octanol–water partition coefficient (Wildman–Crippen LogP) is 2.75. The number of allylic oxidation sites excluding steroid dienone is 1. The van der Waals surface area contributed by atoms with Crippen LogP contribution in [0.1, 0.15) is 19.4 Å². The smallest absolute Gasteiger partial charge is 0.340 e. The summed E-state index contributed by atoms with van der Waals surface area (Å²) in [5.41, 5.74) is 4.22. The number of aryl methyl sites for hydroxylation is 1. The van der Waals surface area contributed by atoms with Crippen LogP contribution in [0.3, 0.4) is 0 Å². The third-order valence-electron chi connectivity index (χ3n) is 3.45. The van der Waals surface area contributed by atoms with Gasteiger partial charge in [0.1, 0.15) is 0 Å². The Morgan fingerprint density at radius 2 is 2.18 bits per heavy atom. The van der Waals surface area contributed by atoms with Crippen molar-refractivity contribution in [2.45, 2.75) is 18.7 Å². The van der Waals surface area contributed by atoms with E-state index in [1.165, 1.54) is 0 Å². The van der Waals surface area contributed by atoms with E-state index in [0.29, 0.717) is 12.2 Å². The van der Waals surface area contributed by atoms with Crippen molar-refractivity contribution in [1.29, 1.82) is 0 Å². The Hall–Kier alpha value is -2.21. The molecule has 0 saturated heterocycles. The molecule has 0 saturated carbocycles. The highest BCUT2D eigenvalue weighted by Gasteiger charge is 2.22. The van der Waals surface area contributed by atoms with E-state index in [2.05, 4.69) is 9.46 Å². The third-order valence-corrected chi connectivity index (χ3v) is 4.46. The molecule has 22 heavy (non-hydrogen) atoms. The van der Waals surface area contributed by atoms with E-state index < -0.39 is 0 Å². The lowest BCUT2D eigenvalue weighted by molar-refractivity contribution is -0.136. The molecule has 0 radical (unpaired) electrons. The van der Waals surface area contributed by atoms with Crippen LogP contribution in [0.4, 0.5) is 0 Å². The second-order valence-corrected chi connectivity index (χ2v) is 5.90. The van der Waals surface area contributed by atoms with Gasteiger partial charge in [-0.3, -0.25) is 4.68 Å². The SMILES string of the molecule is CCOC(=O)C1=C(C)N=[SH]c2ccc(-c3cnn(C)c3)cc21. The number of hydrogen-bond donors (Lipinski definition) is 1. The van der Waals surface area contributed by atoms with Crippen molar-refractivity contribution in [2.75, 3.05) is 6.61 Å². The van der Waals surface area contributed by atoms with Crippen LogP contribution in [0.2, 0.25) is 0 Å². The normalized spacial score (nSPS) is 13.6. The minimum Gasteiger partial charge on any atom is -0.462 e. The molecule has 0 fully saturated rings. The third kappa shape index (κ3) is 2.62. The summed E-state index contributed by atoms with van der Waals surface area (Å²) in [6.45, 7) is 4.00. The highest BCUT2D eigenvalue weighted by atomic mass is 32.1. The molecule has 3 rings (SSSR count). The largest absolute Gasteiger partial charge is 0.462 e. The number of thiol groups is 1. The van der Waals surface area contributed by atoms with E-state index in [0.717, 1.165) is 38.8 Å². The molecule has 0 spiro atoms. The molecule has 2 aromatic rings. The molecular weight excluding hydrogens is 298 g/mol. The number of ether oxygens (including phenoxy) is 1. The van der Waals surface area contributed by atoms with Gasteiger partial charge < -0.3 is 4.74 Å². The van der Waals surface area contributed by atoms with Gasteiger partial charge >= 0.3 is 5.97 Å². The van der Waals surface area contributed by atoms with E-state index in [1.807, 2.05) is 44.6 Å². The van der Waals surface area contributed by atoms with Crippen molar-refractivity contribution in [2.24, 2.45) is 11.4 Å². The topological polar surface area (TPSA) is 56.5 Å². The predicted molar refractivity (Wildman–Crippen MR) is 87.3 cm³/mol. The molecular formula is C16H17N3O2S. The highest BCUT2D eigenvalue weighted by Crippen LogP contribution is 2.33. The van der Waals surface area contributed by atoms with Gasteiger partial charge in [-0.15, -0.1) is 0 Å². The summed E-state index contributed by atoms with van der Waals surface area (Å²) in [5, 5.41) is 4.20. The molecule has 0 N–H and O–H groups in total. The van der Waals surface area contributed by atoms with Crippen molar-refractivity contribution in [3.05, 3.63) is 41.9 Å². The molecule has 5 nitrogen and oxygen atoms in total. The summed E-state index contributed by atoms with van der Waals surface area (Å²) in [5.74, 6) is -0.316. The number of carbonyl (C=O) groups excluding carboxylic acids is 1. The Morgan fingerprint density at radius 1 is 1.36 bits per heavy atom. The molecule has 1 aromatic carbocycles. The van der Waals surface area contributed by atoms with Crippen molar-refractivity contribution in [3.8, 4) is 11.1 Å². The summed E-state index contributed by atoms with van der Waals surface area (Å²) in [4.78, 5) is 13.3. The van der Waals surface area contributed by atoms with Gasteiger partial charge in [0.15, 0.2) is 0 Å². The fourth-order valence-electron chi connectivity index (χ4n) is 2.41. The molecule has 0 bridgehead atoms. The van der Waals surface area contributed by atoms with Crippen LogP contribution in [0.25, 0.3) is 16.7 Å². The molecule has 0 aliphatic carbocycles. The number of aromatic nitrogens is 2. The second-order valence-electron chi connectivity index (χ2n) is 5.02. The molecule has 114 valence electrons. The summed E-state index contributed by atoms with van der Waals surface area (Å²) < 4.78 is 11.3. The first-order valence-corrected chi connectivity index (χ1v) is 7.88. The van der Waals surface area contributed by atoms with Crippen molar-refractivity contribution >= 4 is 23.1 Å². The average Bonchev–Trinajstić information content (AvgIpc) is 2.93. The van der Waals surface area contributed by atoms with E-state index in [9.17, 15) is 4.79 Å². The van der Waals surface area contributed by atoms with Gasteiger partial charge in [-0.1, -0.05) is 17.6 Å². The van der Waals surface area contributed by atoms with Crippen LogP contribution in [-0.2, 0) is 28.1 Å². The zero-order valence-electron chi connectivity index (χ0n) is 12.7. The number of hydrogen-bond acceptors (Lipinski definition) is 4. The van der Waals surface area contributed by atoms with E-state index in [4.69, 9.17) is 4.74 Å². The highest BCUT2D eigenvalue weighted by molar-refractivity contribution is 7.68. The fourth-order valence-corrected chi connectivity index (χ4v) is 3.19. The van der Waals surface area contributed by atoms with Crippen molar-refractivity contribution in [3.63, 3.8) is 0 Å². The van der Waals surface area contributed by atoms with E-state index >= 15 is 0 Å². The molecule has 0 amide bonds. The maximum Gasteiger partial charge on any atom is 0.340 e. The average molecular weight is 315 g/mol. The molecule has 6 heteroatoms. The number of rotatable bonds is 3. The van der Waals surface area contributed by atoms with Gasteiger partial charge in [0, 0.05) is 29.3 Å². The Labute approximate surface area is 132 Å².